The summed E-state index contributed by atoms with van der Waals surface area (Å²) in [5, 5.41) is 0.773. The Labute approximate surface area is 183 Å². The quantitative estimate of drug-likeness (QED) is 0.383. The summed E-state index contributed by atoms with van der Waals surface area (Å²) in [5.41, 5.74) is 4.32. The topological polar surface area (TPSA) is 46.1 Å². The van der Waals surface area contributed by atoms with E-state index in [0.717, 1.165) is 34.1 Å². The molecule has 31 heavy (non-hydrogen) atoms. The number of nitrogens with zero attached hydrogens (tertiary/aromatic N) is 3. The van der Waals surface area contributed by atoms with Gasteiger partial charge in [-0.15, -0.1) is 0 Å². The van der Waals surface area contributed by atoms with Gasteiger partial charge in [0.15, 0.2) is 0 Å². The number of fused-ring (bicyclic) bond motifs is 1. The summed E-state index contributed by atoms with van der Waals surface area (Å²) >= 11 is 0. The first-order chi connectivity index (χ1) is 15.1. The molecule has 4 heteroatoms. The molecule has 2 aromatic heterocycles. The molecule has 2 atom stereocenters. The fourth-order valence-corrected chi connectivity index (χ4v) is 4.13. The number of amides is 1. The van der Waals surface area contributed by atoms with Crippen molar-refractivity contribution >= 4 is 16.8 Å². The lowest BCUT2D eigenvalue weighted by molar-refractivity contribution is 0.0678. The van der Waals surface area contributed by atoms with E-state index in [4.69, 9.17) is 4.98 Å². The summed E-state index contributed by atoms with van der Waals surface area (Å²) in [4.78, 5) is 24.8. The number of hydrogen-bond donors (Lipinski definition) is 0. The Kier molecular flexibility index (Phi) is 6.08. The molecule has 0 spiro atoms. The first-order valence-corrected chi connectivity index (χ1v) is 10.7. The zero-order valence-electron chi connectivity index (χ0n) is 18.2. The van der Waals surface area contributed by atoms with Crippen LogP contribution in [0.25, 0.3) is 22.2 Å². The smallest absolute Gasteiger partial charge is 0.254 e. The van der Waals surface area contributed by atoms with Crippen molar-refractivity contribution in [1.29, 1.82) is 0 Å². The van der Waals surface area contributed by atoms with Crippen LogP contribution in [0.1, 0.15) is 42.2 Å². The Morgan fingerprint density at radius 2 is 1.68 bits per heavy atom. The van der Waals surface area contributed by atoms with Crippen LogP contribution in [0.3, 0.4) is 0 Å². The zero-order valence-corrected chi connectivity index (χ0v) is 18.2. The molecule has 0 aliphatic carbocycles. The van der Waals surface area contributed by atoms with Gasteiger partial charge in [0.05, 0.1) is 22.8 Å². The van der Waals surface area contributed by atoms with Gasteiger partial charge < -0.3 is 4.90 Å². The maximum Gasteiger partial charge on any atom is 0.254 e. The molecule has 0 saturated carbocycles. The highest BCUT2D eigenvalue weighted by Gasteiger charge is 2.28. The van der Waals surface area contributed by atoms with Crippen molar-refractivity contribution in [2.45, 2.75) is 26.3 Å². The molecule has 4 aromatic rings. The number of rotatable bonds is 6. The van der Waals surface area contributed by atoms with Crippen molar-refractivity contribution < 1.29 is 4.79 Å². The van der Waals surface area contributed by atoms with E-state index >= 15 is 0 Å². The van der Waals surface area contributed by atoms with Gasteiger partial charge in [-0.25, -0.2) is 4.98 Å². The minimum atomic E-state index is -0.0215. The first kappa shape index (κ1) is 20.7. The third-order valence-corrected chi connectivity index (χ3v) is 5.97. The molecule has 0 fully saturated rings. The highest BCUT2D eigenvalue weighted by atomic mass is 16.2. The van der Waals surface area contributed by atoms with E-state index in [1.165, 1.54) is 0 Å². The molecule has 0 bridgehead atoms. The van der Waals surface area contributed by atoms with Gasteiger partial charge in [0.1, 0.15) is 0 Å². The van der Waals surface area contributed by atoms with Crippen LogP contribution in [-0.4, -0.2) is 27.8 Å². The van der Waals surface area contributed by atoms with Crippen molar-refractivity contribution in [2.24, 2.45) is 5.92 Å². The average molecular weight is 410 g/mol. The minimum absolute atomic E-state index is 0.0150. The summed E-state index contributed by atoms with van der Waals surface area (Å²) in [6.45, 7) is 4.36. The van der Waals surface area contributed by atoms with Crippen molar-refractivity contribution in [3.63, 3.8) is 0 Å². The number of carbonyl (C=O) groups excluding carboxylic acids is 1. The van der Waals surface area contributed by atoms with Crippen molar-refractivity contribution in [2.75, 3.05) is 7.05 Å². The molecule has 4 nitrogen and oxygen atoms in total. The van der Waals surface area contributed by atoms with Crippen LogP contribution in [0, 0.1) is 5.92 Å². The summed E-state index contributed by atoms with van der Waals surface area (Å²) in [7, 11) is 1.90. The molecular formula is C27H27N3O. The summed E-state index contributed by atoms with van der Waals surface area (Å²) in [5.74, 6) is 0.294. The SMILES string of the molecule is CCC(C)C(c1ccccc1)N(C)C(=O)c1cc(-c2ccccc2)nc2ccncc12. The Bertz CT molecular complexity index is 1170. The standard InChI is InChI=1S/C27H27N3O/c1-4-19(2)26(21-13-9-6-10-14-21)30(3)27(31)22-17-25(20-11-7-5-8-12-20)29-24-15-16-28-18-23(22)24/h5-19,26H,4H2,1-3H3. The van der Waals surface area contributed by atoms with Gasteiger partial charge in [0.2, 0.25) is 0 Å². The number of pyridine rings is 2. The second kappa shape index (κ2) is 9.09. The number of carbonyl (C=O) groups is 1. The number of aromatic nitrogens is 2. The van der Waals surface area contributed by atoms with Crippen LogP contribution in [0.15, 0.2) is 85.2 Å². The molecule has 156 valence electrons. The Morgan fingerprint density at radius 1 is 1.00 bits per heavy atom. The van der Waals surface area contributed by atoms with E-state index in [1.54, 1.807) is 12.4 Å². The molecular weight excluding hydrogens is 382 g/mol. The van der Waals surface area contributed by atoms with E-state index in [1.807, 2.05) is 72.6 Å². The lowest BCUT2D eigenvalue weighted by Crippen LogP contribution is -2.35. The van der Waals surface area contributed by atoms with Crippen LogP contribution in [-0.2, 0) is 0 Å². The van der Waals surface area contributed by atoms with Crippen LogP contribution < -0.4 is 0 Å². The van der Waals surface area contributed by atoms with E-state index in [9.17, 15) is 4.79 Å². The van der Waals surface area contributed by atoms with Gasteiger partial charge in [-0.1, -0.05) is 80.9 Å². The van der Waals surface area contributed by atoms with Crippen LogP contribution in [0.4, 0.5) is 0 Å². The summed E-state index contributed by atoms with van der Waals surface area (Å²) in [6.07, 6.45) is 4.43. The van der Waals surface area contributed by atoms with E-state index in [0.29, 0.717) is 11.5 Å². The molecule has 0 aliphatic heterocycles. The van der Waals surface area contributed by atoms with Crippen LogP contribution >= 0.6 is 0 Å². The molecule has 0 N–H and O–H groups in total. The maximum absolute atomic E-state index is 13.8. The van der Waals surface area contributed by atoms with Gasteiger partial charge >= 0.3 is 0 Å². The highest BCUT2D eigenvalue weighted by molar-refractivity contribution is 6.07. The first-order valence-electron chi connectivity index (χ1n) is 10.7. The Balaban J connectivity index is 1.82. The largest absolute Gasteiger partial charge is 0.334 e. The fraction of sp³-hybridized carbons (Fsp3) is 0.222. The maximum atomic E-state index is 13.8. The molecule has 4 rings (SSSR count). The van der Waals surface area contributed by atoms with E-state index < -0.39 is 0 Å². The van der Waals surface area contributed by atoms with Gasteiger partial charge in [-0.2, -0.15) is 0 Å². The van der Waals surface area contributed by atoms with E-state index in [-0.39, 0.29) is 11.9 Å². The average Bonchev–Trinajstić information content (AvgIpc) is 2.84. The molecule has 1 amide bonds. The van der Waals surface area contributed by atoms with Gasteiger partial charge in [-0.05, 0) is 23.6 Å². The predicted octanol–water partition coefficient (Wildman–Crippen LogP) is 6.16. The third kappa shape index (κ3) is 4.19. The van der Waals surface area contributed by atoms with Crippen molar-refractivity contribution in [1.82, 2.24) is 14.9 Å². The van der Waals surface area contributed by atoms with Gasteiger partial charge in [0.25, 0.3) is 5.91 Å². The van der Waals surface area contributed by atoms with Gasteiger partial charge in [0, 0.05) is 30.4 Å². The third-order valence-electron chi connectivity index (χ3n) is 5.97. The normalized spacial score (nSPS) is 13.0. The zero-order chi connectivity index (χ0) is 21.8. The highest BCUT2D eigenvalue weighted by Crippen LogP contribution is 2.32. The van der Waals surface area contributed by atoms with Crippen molar-refractivity contribution in [3.8, 4) is 11.3 Å². The Hall–Kier alpha value is -3.53. The fourth-order valence-electron chi connectivity index (χ4n) is 4.13. The van der Waals surface area contributed by atoms with Gasteiger partial charge in [-0.3, -0.25) is 9.78 Å². The molecule has 0 saturated heterocycles. The molecule has 0 radical (unpaired) electrons. The van der Waals surface area contributed by atoms with Crippen molar-refractivity contribution in [3.05, 3.63) is 96.3 Å². The Morgan fingerprint density at radius 3 is 2.35 bits per heavy atom. The summed E-state index contributed by atoms with van der Waals surface area (Å²) in [6, 6.07) is 24.0. The second-order valence-corrected chi connectivity index (χ2v) is 7.97. The lowest BCUT2D eigenvalue weighted by atomic mass is 9.90. The molecule has 2 heterocycles. The van der Waals surface area contributed by atoms with E-state index in [2.05, 4.69) is 31.0 Å². The minimum Gasteiger partial charge on any atom is -0.334 e. The lowest BCUT2D eigenvalue weighted by Gasteiger charge is -2.33. The predicted molar refractivity (Wildman–Crippen MR) is 126 cm³/mol. The summed E-state index contributed by atoms with van der Waals surface area (Å²) < 4.78 is 0. The number of benzene rings is 2. The second-order valence-electron chi connectivity index (χ2n) is 7.97. The molecule has 2 aromatic carbocycles. The molecule has 2 unspecified atom stereocenters. The monoisotopic (exact) mass is 409 g/mol. The van der Waals surface area contributed by atoms with Crippen LogP contribution in [0.5, 0.6) is 0 Å². The number of hydrogen-bond acceptors (Lipinski definition) is 3. The van der Waals surface area contributed by atoms with Crippen LogP contribution in [0.2, 0.25) is 0 Å². The molecule has 0 aliphatic rings.